The van der Waals surface area contributed by atoms with Crippen molar-refractivity contribution in [1.29, 1.82) is 0 Å². The largest absolute Gasteiger partial charge is 0.349 e. The van der Waals surface area contributed by atoms with Crippen molar-refractivity contribution in [2.45, 2.75) is 26.8 Å². The number of carbonyl (C=O) groups excluding carboxylic acids is 1. The maximum absolute atomic E-state index is 12.1. The molecule has 3 N–H and O–H groups in total. The molecule has 0 aromatic heterocycles. The molecule has 0 radical (unpaired) electrons. The van der Waals surface area contributed by atoms with Crippen molar-refractivity contribution in [3.63, 3.8) is 0 Å². The number of nitrogens with one attached hydrogen (secondary N) is 1. The van der Waals surface area contributed by atoms with Crippen molar-refractivity contribution in [1.82, 2.24) is 5.32 Å². The van der Waals surface area contributed by atoms with Crippen molar-refractivity contribution in [2.75, 3.05) is 6.54 Å². The van der Waals surface area contributed by atoms with Gasteiger partial charge in [0.15, 0.2) is 0 Å². The number of nitrogens with two attached hydrogens (primary N) is 1. The Hall–Kier alpha value is -0.870. The van der Waals surface area contributed by atoms with Gasteiger partial charge in [-0.1, -0.05) is 41.9 Å². The third-order valence-corrected chi connectivity index (χ3v) is 3.65. The summed E-state index contributed by atoms with van der Waals surface area (Å²) in [6, 6.07) is 7.95. The van der Waals surface area contributed by atoms with Crippen LogP contribution in [0.5, 0.6) is 0 Å². The number of halogens is 1. The third kappa shape index (κ3) is 4.10. The van der Waals surface area contributed by atoms with Crippen LogP contribution in [0, 0.1) is 11.8 Å². The van der Waals surface area contributed by atoms with Crippen LogP contribution in [0.3, 0.4) is 0 Å². The van der Waals surface area contributed by atoms with Gasteiger partial charge in [0.2, 0.25) is 5.91 Å². The Bertz CT molecular complexity index is 389. The summed E-state index contributed by atoms with van der Waals surface area (Å²) in [5, 5.41) is 3.01. The Morgan fingerprint density at radius 1 is 1.28 bits per heavy atom. The molecule has 2 atom stereocenters. The Kier molecular flexibility index (Phi) is 5.82. The molecule has 3 nitrogen and oxygen atoms in total. The van der Waals surface area contributed by atoms with E-state index in [4.69, 9.17) is 5.73 Å². The first-order chi connectivity index (χ1) is 8.45. The van der Waals surface area contributed by atoms with Gasteiger partial charge >= 0.3 is 0 Å². The fraction of sp³-hybridized carbons (Fsp3) is 0.500. The zero-order valence-electron chi connectivity index (χ0n) is 11.1. The Labute approximate surface area is 117 Å². The summed E-state index contributed by atoms with van der Waals surface area (Å²) < 4.78 is 1.03. The summed E-state index contributed by atoms with van der Waals surface area (Å²) in [5.41, 5.74) is 6.73. The van der Waals surface area contributed by atoms with Crippen molar-refractivity contribution in [2.24, 2.45) is 17.6 Å². The lowest BCUT2D eigenvalue weighted by molar-refractivity contribution is -0.126. The zero-order chi connectivity index (χ0) is 13.7. The van der Waals surface area contributed by atoms with E-state index in [9.17, 15) is 4.79 Å². The molecule has 0 aliphatic carbocycles. The minimum Gasteiger partial charge on any atom is -0.349 e. The predicted octanol–water partition coefficient (Wildman–Crippen LogP) is 2.86. The van der Waals surface area contributed by atoms with Gasteiger partial charge < -0.3 is 11.1 Å². The number of hydrogen-bond acceptors (Lipinski definition) is 2. The molecule has 0 heterocycles. The van der Waals surface area contributed by atoms with Crippen LogP contribution < -0.4 is 11.1 Å². The van der Waals surface area contributed by atoms with Crippen LogP contribution in [-0.2, 0) is 4.79 Å². The van der Waals surface area contributed by atoms with Crippen LogP contribution in [0.2, 0.25) is 0 Å². The summed E-state index contributed by atoms with van der Waals surface area (Å²) in [4.78, 5) is 12.1. The molecule has 0 bridgehead atoms. The average molecular weight is 313 g/mol. The van der Waals surface area contributed by atoms with Gasteiger partial charge in [-0.3, -0.25) is 4.79 Å². The highest BCUT2D eigenvalue weighted by Crippen LogP contribution is 2.18. The number of amides is 1. The highest BCUT2D eigenvalue weighted by atomic mass is 79.9. The van der Waals surface area contributed by atoms with Gasteiger partial charge in [0.1, 0.15) is 0 Å². The summed E-state index contributed by atoms with van der Waals surface area (Å²) in [6.45, 7) is 6.40. The van der Waals surface area contributed by atoms with Gasteiger partial charge in [-0.2, -0.15) is 0 Å². The average Bonchev–Trinajstić information content (AvgIpc) is 2.29. The number of carbonyl (C=O) groups is 1. The highest BCUT2D eigenvalue weighted by Gasteiger charge is 2.22. The van der Waals surface area contributed by atoms with Crippen LogP contribution in [0.4, 0.5) is 0 Å². The van der Waals surface area contributed by atoms with Gasteiger partial charge in [-0.05, 0) is 30.5 Å². The molecular weight excluding hydrogens is 292 g/mol. The van der Waals surface area contributed by atoms with Gasteiger partial charge in [-0.15, -0.1) is 0 Å². The maximum Gasteiger partial charge on any atom is 0.225 e. The molecule has 1 unspecified atom stereocenters. The van der Waals surface area contributed by atoms with E-state index in [2.05, 4.69) is 21.2 Å². The molecular formula is C14H21BrN2O. The van der Waals surface area contributed by atoms with Crippen LogP contribution in [0.25, 0.3) is 0 Å². The summed E-state index contributed by atoms with van der Waals surface area (Å²) in [6.07, 6.45) is 0. The molecule has 0 fully saturated rings. The molecule has 1 rings (SSSR count). The summed E-state index contributed by atoms with van der Waals surface area (Å²) >= 11 is 3.40. The smallest absolute Gasteiger partial charge is 0.225 e. The first-order valence-corrected chi connectivity index (χ1v) is 7.01. The lowest BCUT2D eigenvalue weighted by Gasteiger charge is -2.22. The summed E-state index contributed by atoms with van der Waals surface area (Å²) in [5.74, 6) is 0.165. The number of benzene rings is 1. The van der Waals surface area contributed by atoms with Crippen molar-refractivity contribution >= 4 is 21.8 Å². The molecule has 100 valence electrons. The first-order valence-electron chi connectivity index (χ1n) is 6.21. The highest BCUT2D eigenvalue weighted by molar-refractivity contribution is 9.10. The van der Waals surface area contributed by atoms with Crippen LogP contribution in [-0.4, -0.2) is 12.5 Å². The van der Waals surface area contributed by atoms with Crippen molar-refractivity contribution in [3.05, 3.63) is 34.3 Å². The number of rotatable bonds is 5. The van der Waals surface area contributed by atoms with Crippen LogP contribution in [0.1, 0.15) is 32.4 Å². The second-order valence-corrected chi connectivity index (χ2v) is 5.78. The monoisotopic (exact) mass is 312 g/mol. The Morgan fingerprint density at radius 3 is 2.28 bits per heavy atom. The van der Waals surface area contributed by atoms with E-state index in [1.807, 2.05) is 45.0 Å². The van der Waals surface area contributed by atoms with E-state index in [-0.39, 0.29) is 23.8 Å². The Balaban J connectivity index is 2.66. The second kappa shape index (κ2) is 6.90. The fourth-order valence-corrected chi connectivity index (χ4v) is 2.10. The molecule has 0 aliphatic rings. The van der Waals surface area contributed by atoms with Gasteiger partial charge in [0.25, 0.3) is 0 Å². The first kappa shape index (κ1) is 15.2. The molecule has 1 aromatic rings. The lowest BCUT2D eigenvalue weighted by Crippen LogP contribution is -2.39. The van der Waals surface area contributed by atoms with E-state index >= 15 is 0 Å². The molecule has 0 saturated heterocycles. The molecule has 0 aliphatic heterocycles. The standard InChI is InChI=1S/C14H21BrN2O/c1-9(2)13(8-16)14(18)17-10(3)11-4-6-12(15)7-5-11/h4-7,9-10,13H,8,16H2,1-3H3,(H,17,18)/t10-,13?/m1/s1. The van der Waals surface area contributed by atoms with Gasteiger partial charge in [0.05, 0.1) is 12.0 Å². The number of hydrogen-bond donors (Lipinski definition) is 2. The predicted molar refractivity (Wildman–Crippen MR) is 78.1 cm³/mol. The molecule has 0 saturated carbocycles. The Morgan fingerprint density at radius 2 is 1.83 bits per heavy atom. The van der Waals surface area contributed by atoms with E-state index < -0.39 is 0 Å². The van der Waals surface area contributed by atoms with E-state index in [1.165, 1.54) is 0 Å². The quantitative estimate of drug-likeness (QED) is 0.878. The zero-order valence-corrected chi connectivity index (χ0v) is 12.7. The molecule has 1 amide bonds. The second-order valence-electron chi connectivity index (χ2n) is 4.87. The van der Waals surface area contributed by atoms with E-state index in [1.54, 1.807) is 0 Å². The minimum absolute atomic E-state index is 0.00148. The van der Waals surface area contributed by atoms with Gasteiger partial charge in [0, 0.05) is 11.0 Å². The topological polar surface area (TPSA) is 55.1 Å². The summed E-state index contributed by atoms with van der Waals surface area (Å²) in [7, 11) is 0. The SMILES string of the molecule is CC(C)C(CN)C(=O)N[C@H](C)c1ccc(Br)cc1. The van der Waals surface area contributed by atoms with E-state index in [0.717, 1.165) is 10.0 Å². The fourth-order valence-electron chi connectivity index (χ4n) is 1.84. The van der Waals surface area contributed by atoms with Crippen LogP contribution >= 0.6 is 15.9 Å². The van der Waals surface area contributed by atoms with Gasteiger partial charge in [-0.25, -0.2) is 0 Å². The molecule has 4 heteroatoms. The van der Waals surface area contributed by atoms with Crippen molar-refractivity contribution in [3.8, 4) is 0 Å². The third-order valence-electron chi connectivity index (χ3n) is 3.12. The molecule has 1 aromatic carbocycles. The van der Waals surface area contributed by atoms with E-state index in [0.29, 0.717) is 6.54 Å². The molecule has 18 heavy (non-hydrogen) atoms. The molecule has 0 spiro atoms. The van der Waals surface area contributed by atoms with Crippen LogP contribution in [0.15, 0.2) is 28.7 Å². The normalized spacial score (nSPS) is 14.3. The lowest BCUT2D eigenvalue weighted by atomic mass is 9.94. The maximum atomic E-state index is 12.1. The van der Waals surface area contributed by atoms with Crippen molar-refractivity contribution < 1.29 is 4.79 Å². The minimum atomic E-state index is -0.122.